The van der Waals surface area contributed by atoms with Gasteiger partial charge in [-0.15, -0.1) is 0 Å². The smallest absolute Gasteiger partial charge is 0.139 e. The van der Waals surface area contributed by atoms with Crippen LogP contribution in [-0.2, 0) is 0 Å². The first kappa shape index (κ1) is 13.8. The molecule has 1 aromatic carbocycles. The number of halogens is 1. The third kappa shape index (κ3) is 2.67. The summed E-state index contributed by atoms with van der Waals surface area (Å²) in [4.78, 5) is 13.0. The van der Waals surface area contributed by atoms with Gasteiger partial charge in [-0.1, -0.05) is 12.1 Å². The number of nitrogens with zero attached hydrogens (tertiary/aromatic N) is 3. The minimum atomic E-state index is 0.487. The lowest BCUT2D eigenvalue weighted by molar-refractivity contribution is 1.04. The molecular weight excluding hydrogens is 330 g/mol. The fourth-order valence-electron chi connectivity index (χ4n) is 2.13. The number of anilines is 3. The fraction of sp³-hybridized carbons (Fsp3) is 0.133. The van der Waals surface area contributed by atoms with Crippen LogP contribution in [0.1, 0.15) is 11.4 Å². The summed E-state index contributed by atoms with van der Waals surface area (Å²) in [6, 6.07) is 7.99. The fourth-order valence-corrected chi connectivity index (χ4v) is 2.48. The molecule has 0 fully saturated rings. The maximum atomic E-state index is 5.89. The zero-order valence-electron chi connectivity index (χ0n) is 11.7. The SMILES string of the molecule is Cc1nc(N)c(C)c(Nc2cccc3cc(Br)cnc23)n1. The molecule has 3 N–H and O–H groups in total. The van der Waals surface area contributed by atoms with Crippen LogP contribution in [-0.4, -0.2) is 15.0 Å². The molecule has 0 aliphatic rings. The third-order valence-corrected chi connectivity index (χ3v) is 3.66. The summed E-state index contributed by atoms with van der Waals surface area (Å²) in [5.74, 6) is 1.83. The summed E-state index contributed by atoms with van der Waals surface area (Å²) in [5.41, 5.74) is 8.50. The van der Waals surface area contributed by atoms with Gasteiger partial charge in [-0.2, -0.15) is 0 Å². The number of fused-ring (bicyclic) bond motifs is 1. The molecule has 0 aliphatic carbocycles. The Bertz CT molecular complexity index is 832. The Morgan fingerprint density at radius 1 is 1.19 bits per heavy atom. The minimum Gasteiger partial charge on any atom is -0.383 e. The number of nitrogens with two attached hydrogens (primary N) is 1. The van der Waals surface area contributed by atoms with Crippen LogP contribution in [0.2, 0.25) is 0 Å². The van der Waals surface area contributed by atoms with Crippen LogP contribution in [0.4, 0.5) is 17.3 Å². The average Bonchev–Trinajstić information content (AvgIpc) is 2.44. The highest BCUT2D eigenvalue weighted by Crippen LogP contribution is 2.28. The zero-order valence-corrected chi connectivity index (χ0v) is 13.3. The summed E-state index contributed by atoms with van der Waals surface area (Å²) < 4.78 is 0.949. The molecule has 0 amide bonds. The molecule has 0 saturated heterocycles. The van der Waals surface area contributed by atoms with Crippen LogP contribution < -0.4 is 11.1 Å². The molecule has 3 aromatic rings. The lowest BCUT2D eigenvalue weighted by Gasteiger charge is -2.12. The lowest BCUT2D eigenvalue weighted by atomic mass is 10.2. The maximum absolute atomic E-state index is 5.89. The molecule has 3 rings (SSSR count). The Labute approximate surface area is 130 Å². The van der Waals surface area contributed by atoms with Gasteiger partial charge in [0.1, 0.15) is 17.5 Å². The van der Waals surface area contributed by atoms with Crippen LogP contribution in [0.25, 0.3) is 10.9 Å². The first-order chi connectivity index (χ1) is 10.0. The maximum Gasteiger partial charge on any atom is 0.139 e. The molecule has 0 bridgehead atoms. The number of pyridine rings is 1. The number of hydrogen-bond acceptors (Lipinski definition) is 5. The third-order valence-electron chi connectivity index (χ3n) is 3.23. The van der Waals surface area contributed by atoms with Gasteiger partial charge in [0, 0.05) is 21.6 Å². The van der Waals surface area contributed by atoms with Crippen LogP contribution in [0, 0.1) is 13.8 Å². The first-order valence-corrected chi connectivity index (χ1v) is 7.26. The predicted octanol–water partition coefficient (Wildman–Crippen LogP) is 3.73. The molecule has 5 nitrogen and oxygen atoms in total. The van der Waals surface area contributed by atoms with E-state index in [2.05, 4.69) is 36.2 Å². The molecule has 2 heterocycles. The van der Waals surface area contributed by atoms with E-state index in [4.69, 9.17) is 5.73 Å². The van der Waals surface area contributed by atoms with Gasteiger partial charge in [-0.25, -0.2) is 9.97 Å². The highest BCUT2D eigenvalue weighted by Gasteiger charge is 2.09. The number of rotatable bonds is 2. The van der Waals surface area contributed by atoms with Crippen molar-refractivity contribution in [3.05, 3.63) is 46.3 Å². The van der Waals surface area contributed by atoms with Gasteiger partial charge in [-0.05, 0) is 41.9 Å². The summed E-state index contributed by atoms with van der Waals surface area (Å²) >= 11 is 3.43. The van der Waals surface area contributed by atoms with E-state index in [0.717, 1.165) is 26.6 Å². The van der Waals surface area contributed by atoms with Crippen molar-refractivity contribution in [2.45, 2.75) is 13.8 Å². The molecule has 106 valence electrons. The van der Waals surface area contributed by atoms with E-state index in [9.17, 15) is 0 Å². The highest BCUT2D eigenvalue weighted by molar-refractivity contribution is 9.10. The van der Waals surface area contributed by atoms with Crippen LogP contribution in [0.5, 0.6) is 0 Å². The molecule has 21 heavy (non-hydrogen) atoms. The van der Waals surface area contributed by atoms with E-state index in [1.807, 2.05) is 38.1 Å². The average molecular weight is 344 g/mol. The van der Waals surface area contributed by atoms with Crippen molar-refractivity contribution in [2.24, 2.45) is 0 Å². The molecule has 0 spiro atoms. The quantitative estimate of drug-likeness (QED) is 0.741. The van der Waals surface area contributed by atoms with Crippen molar-refractivity contribution >= 4 is 44.2 Å². The summed E-state index contributed by atoms with van der Waals surface area (Å²) in [6.45, 7) is 3.71. The largest absolute Gasteiger partial charge is 0.383 e. The van der Waals surface area contributed by atoms with Crippen LogP contribution in [0.15, 0.2) is 34.9 Å². The van der Waals surface area contributed by atoms with Crippen molar-refractivity contribution < 1.29 is 0 Å². The second-order valence-electron chi connectivity index (χ2n) is 4.79. The molecule has 2 aromatic heterocycles. The van der Waals surface area contributed by atoms with Gasteiger partial charge in [0.05, 0.1) is 11.2 Å². The molecule has 0 aliphatic heterocycles. The van der Waals surface area contributed by atoms with Gasteiger partial charge < -0.3 is 11.1 Å². The summed E-state index contributed by atoms with van der Waals surface area (Å²) in [7, 11) is 0. The monoisotopic (exact) mass is 343 g/mol. The Balaban J connectivity index is 2.10. The van der Waals surface area contributed by atoms with Crippen LogP contribution >= 0.6 is 15.9 Å². The molecule has 0 radical (unpaired) electrons. The molecule has 0 atom stereocenters. The van der Waals surface area contributed by atoms with Crippen molar-refractivity contribution in [3.8, 4) is 0 Å². The first-order valence-electron chi connectivity index (χ1n) is 6.46. The van der Waals surface area contributed by atoms with Crippen molar-refractivity contribution in [3.63, 3.8) is 0 Å². The number of aryl methyl sites for hydroxylation is 1. The molecule has 0 saturated carbocycles. The zero-order chi connectivity index (χ0) is 15.0. The topological polar surface area (TPSA) is 76.7 Å². The summed E-state index contributed by atoms with van der Waals surface area (Å²) in [5, 5.41) is 4.35. The van der Waals surface area contributed by atoms with Crippen molar-refractivity contribution in [1.29, 1.82) is 0 Å². The number of hydrogen-bond donors (Lipinski definition) is 2. The second kappa shape index (κ2) is 5.29. The van der Waals surface area contributed by atoms with E-state index in [1.54, 1.807) is 6.20 Å². The number of nitrogens with one attached hydrogen (secondary N) is 1. The van der Waals surface area contributed by atoms with Crippen LogP contribution in [0.3, 0.4) is 0 Å². The molecule has 0 unspecified atom stereocenters. The van der Waals surface area contributed by atoms with Crippen molar-refractivity contribution in [2.75, 3.05) is 11.1 Å². The van der Waals surface area contributed by atoms with Gasteiger partial charge in [0.15, 0.2) is 0 Å². The standard InChI is InChI=1S/C15H14BrN5/c1-8-14(17)19-9(2)20-15(8)21-12-5-3-4-10-6-11(16)7-18-13(10)12/h3-7H,1-2H3,(H3,17,19,20,21). The number of nitrogen functional groups attached to an aromatic ring is 1. The second-order valence-corrected chi connectivity index (χ2v) is 5.70. The number of benzene rings is 1. The van der Waals surface area contributed by atoms with E-state index in [0.29, 0.717) is 17.5 Å². The number of para-hydroxylation sites is 1. The van der Waals surface area contributed by atoms with E-state index >= 15 is 0 Å². The van der Waals surface area contributed by atoms with Gasteiger partial charge in [0.2, 0.25) is 0 Å². The number of aromatic nitrogens is 3. The summed E-state index contributed by atoms with van der Waals surface area (Å²) in [6.07, 6.45) is 1.78. The Morgan fingerprint density at radius 3 is 2.81 bits per heavy atom. The van der Waals surface area contributed by atoms with E-state index in [-0.39, 0.29) is 0 Å². The molecule has 6 heteroatoms. The Kier molecular flexibility index (Phi) is 3.47. The van der Waals surface area contributed by atoms with Gasteiger partial charge in [-0.3, -0.25) is 4.98 Å². The normalized spacial score (nSPS) is 10.8. The van der Waals surface area contributed by atoms with Gasteiger partial charge in [0.25, 0.3) is 0 Å². The Morgan fingerprint density at radius 2 is 2.00 bits per heavy atom. The minimum absolute atomic E-state index is 0.487. The van der Waals surface area contributed by atoms with Gasteiger partial charge >= 0.3 is 0 Å². The Hall–Kier alpha value is -2.21. The molecular formula is C15H14BrN5. The lowest BCUT2D eigenvalue weighted by Crippen LogP contribution is -2.05. The van der Waals surface area contributed by atoms with E-state index < -0.39 is 0 Å². The van der Waals surface area contributed by atoms with E-state index in [1.165, 1.54) is 0 Å². The predicted molar refractivity (Wildman–Crippen MR) is 88.6 cm³/mol. The van der Waals surface area contributed by atoms with Crippen molar-refractivity contribution in [1.82, 2.24) is 15.0 Å². The highest BCUT2D eigenvalue weighted by atomic mass is 79.9.